The van der Waals surface area contributed by atoms with Crippen LogP contribution in [0.3, 0.4) is 0 Å². The molecule has 0 aliphatic carbocycles. The number of piperazine rings is 1. The molecule has 2 aromatic carbocycles. The largest absolute Gasteiger partial charge is 0.484 e. The second-order valence-electron chi connectivity index (χ2n) is 6.73. The highest BCUT2D eigenvalue weighted by molar-refractivity contribution is 6.33. The Labute approximate surface area is 176 Å². The molecule has 1 aromatic heterocycles. The lowest BCUT2D eigenvalue weighted by Gasteiger charge is -2.29. The number of fused-ring (bicyclic) bond motifs is 1. The van der Waals surface area contributed by atoms with Crippen molar-refractivity contribution in [3.8, 4) is 5.75 Å². The Hall–Kier alpha value is -3.52. The van der Waals surface area contributed by atoms with E-state index < -0.39 is 5.63 Å². The molecular formula is C21H18ClN3O5. The molecule has 0 bridgehead atoms. The lowest BCUT2D eigenvalue weighted by molar-refractivity contribution is -0.120. The van der Waals surface area contributed by atoms with Gasteiger partial charge >= 0.3 is 5.63 Å². The van der Waals surface area contributed by atoms with E-state index in [9.17, 15) is 14.4 Å². The molecule has 0 unspecified atom stereocenters. The molecule has 4 rings (SSSR count). The number of amides is 2. The molecule has 1 saturated heterocycles. The van der Waals surface area contributed by atoms with E-state index in [-0.39, 0.29) is 25.0 Å². The van der Waals surface area contributed by atoms with Crippen molar-refractivity contribution in [2.24, 2.45) is 0 Å². The fourth-order valence-electron chi connectivity index (χ4n) is 3.16. The Kier molecular flexibility index (Phi) is 5.58. The average molecular weight is 428 g/mol. The molecule has 8 nitrogen and oxygen atoms in total. The summed E-state index contributed by atoms with van der Waals surface area (Å²) in [6.07, 6.45) is 0. The number of nitrogens with zero attached hydrogens (tertiary/aromatic N) is 1. The monoisotopic (exact) mass is 427 g/mol. The molecule has 154 valence electrons. The third-order valence-corrected chi connectivity index (χ3v) is 4.88. The maximum absolute atomic E-state index is 12.2. The quantitative estimate of drug-likeness (QED) is 0.606. The van der Waals surface area contributed by atoms with Gasteiger partial charge in [0, 0.05) is 36.3 Å². The second-order valence-corrected chi connectivity index (χ2v) is 7.14. The van der Waals surface area contributed by atoms with Crippen LogP contribution in [-0.4, -0.2) is 38.1 Å². The van der Waals surface area contributed by atoms with Gasteiger partial charge in [0.1, 0.15) is 11.3 Å². The van der Waals surface area contributed by atoms with Crippen LogP contribution in [0, 0.1) is 0 Å². The van der Waals surface area contributed by atoms with Gasteiger partial charge in [0.05, 0.1) is 17.3 Å². The summed E-state index contributed by atoms with van der Waals surface area (Å²) < 4.78 is 10.6. The van der Waals surface area contributed by atoms with Crippen LogP contribution in [0.5, 0.6) is 5.75 Å². The van der Waals surface area contributed by atoms with Gasteiger partial charge in [-0.15, -0.1) is 0 Å². The van der Waals surface area contributed by atoms with E-state index in [1.807, 2.05) is 4.90 Å². The lowest BCUT2D eigenvalue weighted by atomic mass is 10.2. The molecule has 30 heavy (non-hydrogen) atoms. The molecular weight excluding hydrogens is 410 g/mol. The van der Waals surface area contributed by atoms with Gasteiger partial charge in [0.2, 0.25) is 5.91 Å². The SMILES string of the molecule is O=C1CN(c2ccc(NC(=O)COc3ccc4ccc(=O)oc4c3)cc2Cl)CCN1. The predicted molar refractivity (Wildman–Crippen MR) is 113 cm³/mol. The van der Waals surface area contributed by atoms with Crippen molar-refractivity contribution in [2.45, 2.75) is 0 Å². The van der Waals surface area contributed by atoms with E-state index in [4.69, 9.17) is 20.8 Å². The molecule has 9 heteroatoms. The number of benzene rings is 2. The number of anilines is 2. The van der Waals surface area contributed by atoms with E-state index in [0.29, 0.717) is 35.1 Å². The van der Waals surface area contributed by atoms with Gasteiger partial charge in [0.25, 0.3) is 5.91 Å². The van der Waals surface area contributed by atoms with Crippen LogP contribution in [0.2, 0.25) is 5.02 Å². The predicted octanol–water partition coefficient (Wildman–Crippen LogP) is 2.40. The molecule has 0 radical (unpaired) electrons. The van der Waals surface area contributed by atoms with Gasteiger partial charge in [-0.05, 0) is 36.4 Å². The van der Waals surface area contributed by atoms with Crippen molar-refractivity contribution in [2.75, 3.05) is 36.5 Å². The number of hydrogen-bond donors (Lipinski definition) is 2. The van der Waals surface area contributed by atoms with Crippen LogP contribution in [-0.2, 0) is 9.59 Å². The van der Waals surface area contributed by atoms with Crippen LogP contribution in [0.15, 0.2) is 57.7 Å². The van der Waals surface area contributed by atoms with Crippen LogP contribution < -0.4 is 25.9 Å². The third kappa shape index (κ3) is 4.55. The summed E-state index contributed by atoms with van der Waals surface area (Å²) in [4.78, 5) is 37.0. The maximum Gasteiger partial charge on any atom is 0.336 e. The normalized spacial score (nSPS) is 13.8. The summed E-state index contributed by atoms with van der Waals surface area (Å²) in [5.74, 6) is -0.0191. The van der Waals surface area contributed by atoms with Crippen molar-refractivity contribution in [3.63, 3.8) is 0 Å². The topological polar surface area (TPSA) is 101 Å². The number of ether oxygens (including phenoxy) is 1. The summed E-state index contributed by atoms with van der Waals surface area (Å²) in [6.45, 7) is 1.24. The molecule has 3 aromatic rings. The summed E-state index contributed by atoms with van der Waals surface area (Å²) in [5.41, 5.74) is 1.18. The minimum atomic E-state index is -0.456. The molecule has 2 N–H and O–H groups in total. The summed E-state index contributed by atoms with van der Waals surface area (Å²) in [7, 11) is 0. The standard InChI is InChI=1S/C21H18ClN3O5/c22-16-9-14(3-5-17(16)25-8-7-23-19(26)11-25)24-20(27)12-29-15-4-1-13-2-6-21(28)30-18(13)10-15/h1-6,9-10H,7-8,11-12H2,(H,23,26)(H,24,27). The first-order chi connectivity index (χ1) is 14.5. The lowest BCUT2D eigenvalue weighted by Crippen LogP contribution is -2.47. The van der Waals surface area contributed by atoms with E-state index in [2.05, 4.69) is 10.6 Å². The number of nitrogens with one attached hydrogen (secondary N) is 2. The zero-order valence-corrected chi connectivity index (χ0v) is 16.6. The number of hydrogen-bond acceptors (Lipinski definition) is 6. The van der Waals surface area contributed by atoms with Crippen LogP contribution in [0.4, 0.5) is 11.4 Å². The second kappa shape index (κ2) is 8.46. The van der Waals surface area contributed by atoms with Gasteiger partial charge in [-0.3, -0.25) is 9.59 Å². The fraction of sp³-hybridized carbons (Fsp3) is 0.190. The first-order valence-corrected chi connectivity index (χ1v) is 9.63. The van der Waals surface area contributed by atoms with E-state index in [1.54, 1.807) is 42.5 Å². The first kappa shape index (κ1) is 19.8. The average Bonchev–Trinajstić information content (AvgIpc) is 2.72. The van der Waals surface area contributed by atoms with E-state index in [1.165, 1.54) is 6.07 Å². The number of rotatable bonds is 5. The van der Waals surface area contributed by atoms with Gasteiger partial charge in [-0.2, -0.15) is 0 Å². The highest BCUT2D eigenvalue weighted by Crippen LogP contribution is 2.29. The number of carbonyl (C=O) groups excluding carboxylic acids is 2. The number of carbonyl (C=O) groups is 2. The smallest absolute Gasteiger partial charge is 0.336 e. The van der Waals surface area contributed by atoms with Gasteiger partial charge < -0.3 is 24.7 Å². The Balaban J connectivity index is 1.37. The van der Waals surface area contributed by atoms with Crippen molar-refractivity contribution in [1.29, 1.82) is 0 Å². The Morgan fingerprint density at radius 1 is 1.17 bits per heavy atom. The summed E-state index contributed by atoms with van der Waals surface area (Å²) in [6, 6.07) is 13.1. The molecule has 0 atom stereocenters. The van der Waals surface area contributed by atoms with Crippen molar-refractivity contribution in [1.82, 2.24) is 5.32 Å². The minimum absolute atomic E-state index is 0.0557. The van der Waals surface area contributed by atoms with E-state index in [0.717, 1.165) is 11.1 Å². The van der Waals surface area contributed by atoms with Crippen molar-refractivity contribution >= 4 is 45.8 Å². The van der Waals surface area contributed by atoms with Gasteiger partial charge in [0.15, 0.2) is 6.61 Å². The van der Waals surface area contributed by atoms with Crippen molar-refractivity contribution < 1.29 is 18.7 Å². The third-order valence-electron chi connectivity index (χ3n) is 4.57. The Morgan fingerprint density at radius 3 is 2.80 bits per heavy atom. The first-order valence-electron chi connectivity index (χ1n) is 9.26. The van der Waals surface area contributed by atoms with Crippen LogP contribution >= 0.6 is 11.6 Å². The molecule has 1 fully saturated rings. The van der Waals surface area contributed by atoms with Gasteiger partial charge in [-0.1, -0.05) is 11.6 Å². The van der Waals surface area contributed by atoms with E-state index >= 15 is 0 Å². The van der Waals surface area contributed by atoms with Gasteiger partial charge in [-0.25, -0.2) is 4.79 Å². The minimum Gasteiger partial charge on any atom is -0.484 e. The maximum atomic E-state index is 12.2. The fourth-order valence-corrected chi connectivity index (χ4v) is 3.46. The molecule has 2 heterocycles. The molecule has 0 saturated carbocycles. The number of halogens is 1. The van der Waals surface area contributed by atoms with Crippen LogP contribution in [0.25, 0.3) is 11.0 Å². The molecule has 1 aliphatic heterocycles. The highest BCUT2D eigenvalue weighted by atomic mass is 35.5. The Morgan fingerprint density at radius 2 is 2.00 bits per heavy atom. The molecule has 2 amide bonds. The van der Waals surface area contributed by atoms with Crippen molar-refractivity contribution in [3.05, 3.63) is 64.0 Å². The summed E-state index contributed by atoms with van der Waals surface area (Å²) in [5, 5.41) is 6.68. The zero-order valence-electron chi connectivity index (χ0n) is 15.8. The highest BCUT2D eigenvalue weighted by Gasteiger charge is 2.19. The molecule has 1 aliphatic rings. The van der Waals surface area contributed by atoms with Crippen LogP contribution in [0.1, 0.15) is 0 Å². The molecule has 0 spiro atoms. The summed E-state index contributed by atoms with van der Waals surface area (Å²) >= 11 is 6.34. The Bertz CT molecular complexity index is 1180. The zero-order chi connectivity index (χ0) is 21.1.